The molecular formula is C29H41N3O6Si. The average molecular weight is 556 g/mol. The first-order chi connectivity index (χ1) is 18.0. The molecule has 2 aromatic rings. The van der Waals surface area contributed by atoms with Gasteiger partial charge in [0.05, 0.1) is 19.6 Å². The Labute approximate surface area is 232 Å². The predicted octanol–water partition coefficient (Wildman–Crippen LogP) is 5.49. The van der Waals surface area contributed by atoms with Crippen LogP contribution in [0.15, 0.2) is 42.6 Å². The van der Waals surface area contributed by atoms with Gasteiger partial charge in [-0.2, -0.15) is 0 Å². The summed E-state index contributed by atoms with van der Waals surface area (Å²) in [6, 6.07) is 9.96. The second-order valence-electron chi connectivity index (χ2n) is 12.5. The van der Waals surface area contributed by atoms with Gasteiger partial charge in [-0.1, -0.05) is 46.0 Å². The van der Waals surface area contributed by atoms with Gasteiger partial charge in [-0.05, 0) is 67.6 Å². The summed E-state index contributed by atoms with van der Waals surface area (Å²) < 4.78 is 12.5. The molecule has 2 atom stereocenters. The van der Waals surface area contributed by atoms with Crippen LogP contribution >= 0.6 is 0 Å². The highest BCUT2D eigenvalue weighted by Gasteiger charge is 2.59. The SMILES string of the molecule is COc1ccc(CN(C(=O)OC(C)(C)C)c2cc(CC3C(=O)N([Si](C)(C)C(C)(C)C)[C@@H]3C(=O)O)ccn2)cc1. The van der Waals surface area contributed by atoms with E-state index in [0.29, 0.717) is 11.6 Å². The quantitative estimate of drug-likeness (QED) is 0.339. The summed E-state index contributed by atoms with van der Waals surface area (Å²) in [7, 11) is -0.786. The van der Waals surface area contributed by atoms with E-state index in [1.54, 1.807) is 50.8 Å². The van der Waals surface area contributed by atoms with Gasteiger partial charge in [-0.3, -0.25) is 9.69 Å². The third kappa shape index (κ3) is 6.61. The topological polar surface area (TPSA) is 109 Å². The van der Waals surface area contributed by atoms with Crippen LogP contribution in [0.3, 0.4) is 0 Å². The number of carbonyl (C=O) groups excluding carboxylic acids is 2. The van der Waals surface area contributed by atoms with E-state index >= 15 is 0 Å². The zero-order valence-corrected chi connectivity index (χ0v) is 25.4. The molecule has 1 N–H and O–H groups in total. The molecule has 1 aliphatic heterocycles. The van der Waals surface area contributed by atoms with Gasteiger partial charge < -0.3 is 19.1 Å². The van der Waals surface area contributed by atoms with Crippen LogP contribution < -0.4 is 9.64 Å². The molecule has 10 heteroatoms. The number of aliphatic carboxylic acids is 1. The van der Waals surface area contributed by atoms with E-state index in [1.165, 1.54) is 4.90 Å². The number of carbonyl (C=O) groups is 3. The number of ether oxygens (including phenoxy) is 2. The lowest BCUT2D eigenvalue weighted by Crippen LogP contribution is -2.75. The molecule has 3 rings (SSSR count). The van der Waals surface area contributed by atoms with Gasteiger partial charge in [0.15, 0.2) is 8.24 Å². The van der Waals surface area contributed by atoms with Crippen LogP contribution in [0.25, 0.3) is 0 Å². The number of anilines is 1. The highest BCUT2D eigenvalue weighted by molar-refractivity contribution is 6.80. The van der Waals surface area contributed by atoms with Crippen molar-refractivity contribution in [2.45, 2.75) is 84.3 Å². The number of benzene rings is 1. The molecule has 1 aromatic carbocycles. The summed E-state index contributed by atoms with van der Waals surface area (Å²) >= 11 is 0. The minimum absolute atomic E-state index is 0.130. The number of rotatable bonds is 8. The van der Waals surface area contributed by atoms with Crippen LogP contribution in [0, 0.1) is 5.92 Å². The van der Waals surface area contributed by atoms with Gasteiger partial charge in [-0.15, -0.1) is 0 Å². The molecule has 0 saturated carbocycles. The Hall–Kier alpha value is -3.40. The molecule has 1 unspecified atom stereocenters. The number of hydrogen-bond donors (Lipinski definition) is 1. The Morgan fingerprint density at radius 2 is 1.67 bits per heavy atom. The molecule has 1 fully saturated rings. The molecule has 1 saturated heterocycles. The maximum atomic E-state index is 13.3. The number of aromatic nitrogens is 1. The fourth-order valence-electron chi connectivity index (χ4n) is 4.47. The van der Waals surface area contributed by atoms with Gasteiger partial charge in [0, 0.05) is 6.20 Å². The van der Waals surface area contributed by atoms with E-state index < -0.39 is 37.9 Å². The van der Waals surface area contributed by atoms with Crippen LogP contribution in [-0.2, 0) is 27.3 Å². The molecule has 2 heterocycles. The summed E-state index contributed by atoms with van der Waals surface area (Å²) in [5.41, 5.74) is 0.856. The maximum absolute atomic E-state index is 13.3. The maximum Gasteiger partial charge on any atom is 0.416 e. The van der Waals surface area contributed by atoms with E-state index in [9.17, 15) is 19.5 Å². The molecule has 0 bridgehead atoms. The summed E-state index contributed by atoms with van der Waals surface area (Å²) in [6.07, 6.45) is 1.25. The predicted molar refractivity (Wildman–Crippen MR) is 152 cm³/mol. The molecule has 9 nitrogen and oxygen atoms in total. The van der Waals surface area contributed by atoms with E-state index in [4.69, 9.17) is 9.47 Å². The molecule has 1 aliphatic rings. The fraction of sp³-hybridized carbons (Fsp3) is 0.517. The number of carboxylic acid groups (broad SMARTS) is 1. The smallest absolute Gasteiger partial charge is 0.416 e. The molecule has 0 aliphatic carbocycles. The highest BCUT2D eigenvalue weighted by Crippen LogP contribution is 2.45. The minimum Gasteiger partial charge on any atom is -0.497 e. The van der Waals surface area contributed by atoms with Crippen LogP contribution in [0.4, 0.5) is 10.6 Å². The first-order valence-electron chi connectivity index (χ1n) is 13.1. The summed E-state index contributed by atoms with van der Waals surface area (Å²) in [4.78, 5) is 44.7. The van der Waals surface area contributed by atoms with E-state index in [1.807, 2.05) is 37.4 Å². The van der Waals surface area contributed by atoms with E-state index in [2.05, 4.69) is 25.8 Å². The second kappa shape index (κ2) is 11.0. The molecular weight excluding hydrogens is 514 g/mol. The van der Waals surface area contributed by atoms with Crippen molar-refractivity contribution < 1.29 is 29.0 Å². The minimum atomic E-state index is -2.37. The van der Waals surface area contributed by atoms with E-state index in [-0.39, 0.29) is 23.9 Å². The van der Waals surface area contributed by atoms with Crippen LogP contribution in [0.1, 0.15) is 52.7 Å². The van der Waals surface area contributed by atoms with Crippen molar-refractivity contribution >= 4 is 32.0 Å². The molecule has 212 valence electrons. The fourth-order valence-corrected chi connectivity index (χ4v) is 6.90. The Morgan fingerprint density at radius 1 is 1.05 bits per heavy atom. The Kier molecular flexibility index (Phi) is 8.50. The van der Waals surface area contributed by atoms with Crippen molar-refractivity contribution in [1.82, 2.24) is 9.55 Å². The molecule has 2 amide bonds. The lowest BCUT2D eigenvalue weighted by atomic mass is 9.85. The van der Waals surface area contributed by atoms with Crippen molar-refractivity contribution in [3.63, 3.8) is 0 Å². The molecule has 0 spiro atoms. The van der Waals surface area contributed by atoms with Crippen molar-refractivity contribution in [3.8, 4) is 5.75 Å². The number of carboxylic acids is 1. The largest absolute Gasteiger partial charge is 0.497 e. The normalized spacial score (nSPS) is 17.9. The summed E-state index contributed by atoms with van der Waals surface area (Å²) in [5, 5.41) is 9.88. The third-order valence-electron chi connectivity index (χ3n) is 7.56. The van der Waals surface area contributed by atoms with Gasteiger partial charge in [0.2, 0.25) is 5.91 Å². The number of methoxy groups -OCH3 is 1. The Bertz CT molecular complexity index is 1220. The molecule has 0 radical (unpaired) electrons. The lowest BCUT2D eigenvalue weighted by molar-refractivity contribution is -0.163. The van der Waals surface area contributed by atoms with Gasteiger partial charge >= 0.3 is 12.1 Å². The number of β-lactam (4-membered cyclic amide) rings is 1. The standard InChI is InChI=1S/C29H41N3O6Si/c1-28(2,3)38-27(36)31(18-19-10-12-21(37-7)13-11-19)23-17-20(14-15-30-23)16-22-24(26(34)35)32(25(22)33)39(8,9)29(4,5)6/h10-15,17,22,24H,16,18H2,1-9H3,(H,34,35)/t22?,24-/m0/s1. The van der Waals surface area contributed by atoms with Gasteiger partial charge in [-0.25, -0.2) is 14.6 Å². The second-order valence-corrected chi connectivity index (χ2v) is 17.6. The number of amides is 2. The van der Waals surface area contributed by atoms with Crippen LogP contribution in [0.5, 0.6) is 5.75 Å². The third-order valence-corrected chi connectivity index (χ3v) is 12.9. The number of nitrogens with zero attached hydrogens (tertiary/aromatic N) is 3. The average Bonchev–Trinajstić information content (AvgIpc) is 2.82. The zero-order chi connectivity index (χ0) is 29.3. The molecule has 39 heavy (non-hydrogen) atoms. The lowest BCUT2D eigenvalue weighted by Gasteiger charge is -2.56. The highest BCUT2D eigenvalue weighted by atomic mass is 28.3. The number of hydrogen-bond acceptors (Lipinski definition) is 6. The zero-order valence-electron chi connectivity index (χ0n) is 24.4. The summed E-state index contributed by atoms with van der Waals surface area (Å²) in [5.74, 6) is -0.739. The van der Waals surface area contributed by atoms with Gasteiger partial charge in [0.25, 0.3) is 0 Å². The van der Waals surface area contributed by atoms with Crippen molar-refractivity contribution in [3.05, 3.63) is 53.7 Å². The van der Waals surface area contributed by atoms with Crippen molar-refractivity contribution in [2.24, 2.45) is 5.92 Å². The number of pyridine rings is 1. The van der Waals surface area contributed by atoms with Crippen molar-refractivity contribution in [2.75, 3.05) is 12.0 Å². The Morgan fingerprint density at radius 3 is 2.18 bits per heavy atom. The van der Waals surface area contributed by atoms with E-state index in [0.717, 1.165) is 11.1 Å². The molecule has 1 aromatic heterocycles. The van der Waals surface area contributed by atoms with Crippen LogP contribution in [-0.4, -0.2) is 59.6 Å². The van der Waals surface area contributed by atoms with Crippen molar-refractivity contribution in [1.29, 1.82) is 0 Å². The monoisotopic (exact) mass is 555 g/mol. The Balaban J connectivity index is 1.90. The first kappa shape index (κ1) is 30.1. The van der Waals surface area contributed by atoms with Gasteiger partial charge in [0.1, 0.15) is 23.2 Å². The van der Waals surface area contributed by atoms with Crippen LogP contribution in [0.2, 0.25) is 18.1 Å². The summed E-state index contributed by atoms with van der Waals surface area (Å²) in [6.45, 7) is 15.8. The first-order valence-corrected chi connectivity index (χ1v) is 16.1.